The first kappa shape index (κ1) is 18.9. The monoisotopic (exact) mass is 387 g/mol. The molecule has 0 aliphatic carbocycles. The van der Waals surface area contributed by atoms with E-state index in [1.807, 2.05) is 0 Å². The van der Waals surface area contributed by atoms with Crippen LogP contribution in [0.4, 0.5) is 0 Å². The lowest BCUT2D eigenvalue weighted by molar-refractivity contribution is -0.141. The molecule has 2 atom stereocenters. The third-order valence-corrected chi connectivity index (χ3v) is 4.89. The molecule has 0 radical (unpaired) electrons. The summed E-state index contributed by atoms with van der Waals surface area (Å²) in [6.45, 7) is 0. The Bertz CT molecular complexity index is 992. The van der Waals surface area contributed by atoms with E-state index in [0.29, 0.717) is 11.3 Å². The van der Waals surface area contributed by atoms with E-state index in [2.05, 4.69) is 28.2 Å². The zero-order valence-corrected chi connectivity index (χ0v) is 15.1. The maximum atomic E-state index is 11.4. The maximum Gasteiger partial charge on any atom is 0.327 e. The summed E-state index contributed by atoms with van der Waals surface area (Å²) in [7, 11) is -3.22. The van der Waals surface area contributed by atoms with Crippen LogP contribution in [0.25, 0.3) is 0 Å². The molecule has 140 valence electrons. The highest BCUT2D eigenvalue weighted by molar-refractivity contribution is 7.90. The van der Waals surface area contributed by atoms with E-state index in [-0.39, 0.29) is 4.90 Å². The number of hydrogen-bond donors (Lipinski definition) is 4. The summed E-state index contributed by atoms with van der Waals surface area (Å²) in [5.74, 6) is 5.39. The molecule has 1 aliphatic heterocycles. The minimum absolute atomic E-state index is 0.249. The average molecular weight is 387 g/mol. The number of carbonyl (C=O) groups is 1. The molecular weight excluding hydrogens is 370 g/mol. The number of rotatable bonds is 4. The Morgan fingerprint density at radius 1 is 1.00 bits per heavy atom. The molecule has 2 aromatic rings. The van der Waals surface area contributed by atoms with Crippen LogP contribution in [0.2, 0.25) is 0 Å². The second-order valence-electron chi connectivity index (χ2n) is 5.84. The van der Waals surface area contributed by atoms with Gasteiger partial charge in [0.15, 0.2) is 22.1 Å². The standard InChI is InChI=1S/C18H17N3O5S/c1-27(24,25)15-10-6-13(7-11-15)3-2-12-4-8-14(9-5-12)26-17-16(18(22)23)19-21-20-17/h4-11,16-17,19-21H,1H3,(H,22,23). The van der Waals surface area contributed by atoms with Crippen molar-refractivity contribution in [3.63, 3.8) is 0 Å². The number of carboxylic acid groups (broad SMARTS) is 1. The number of carboxylic acids is 1. The van der Waals surface area contributed by atoms with Gasteiger partial charge in [0.2, 0.25) is 0 Å². The summed E-state index contributed by atoms with van der Waals surface area (Å²) in [5, 5.41) is 9.07. The topological polar surface area (TPSA) is 117 Å². The largest absolute Gasteiger partial charge is 0.480 e. The normalized spacial score (nSPS) is 19.1. The first-order chi connectivity index (χ1) is 12.8. The van der Waals surface area contributed by atoms with E-state index in [1.165, 1.54) is 12.1 Å². The minimum atomic E-state index is -3.22. The van der Waals surface area contributed by atoms with Crippen molar-refractivity contribution in [1.29, 1.82) is 0 Å². The second kappa shape index (κ2) is 7.77. The van der Waals surface area contributed by atoms with Gasteiger partial charge in [0.1, 0.15) is 5.75 Å². The Balaban J connectivity index is 1.66. The molecule has 2 unspecified atom stereocenters. The van der Waals surface area contributed by atoms with E-state index < -0.39 is 28.1 Å². The summed E-state index contributed by atoms with van der Waals surface area (Å²) in [6, 6.07) is 12.3. The third-order valence-electron chi connectivity index (χ3n) is 3.76. The molecule has 3 rings (SSSR count). The molecule has 0 aromatic heterocycles. The number of benzene rings is 2. The molecule has 27 heavy (non-hydrogen) atoms. The average Bonchev–Trinajstić information content (AvgIpc) is 3.09. The van der Waals surface area contributed by atoms with Crippen LogP contribution in [-0.4, -0.2) is 38.0 Å². The van der Waals surface area contributed by atoms with Gasteiger partial charge in [0, 0.05) is 17.4 Å². The lowest BCUT2D eigenvalue weighted by Gasteiger charge is -2.16. The number of nitrogens with one attached hydrogen (secondary N) is 3. The van der Waals surface area contributed by atoms with Crippen LogP contribution in [0.3, 0.4) is 0 Å². The molecule has 0 bridgehead atoms. The zero-order valence-electron chi connectivity index (χ0n) is 14.3. The quantitative estimate of drug-likeness (QED) is 0.552. The van der Waals surface area contributed by atoms with Crippen LogP contribution in [0.15, 0.2) is 53.4 Å². The SMILES string of the molecule is CS(=O)(=O)c1ccc(C#Cc2ccc(OC3NNNC3C(=O)O)cc2)cc1. The second-order valence-corrected chi connectivity index (χ2v) is 7.85. The number of hydrogen-bond acceptors (Lipinski definition) is 7. The molecule has 1 aliphatic rings. The van der Waals surface area contributed by atoms with Crippen LogP contribution in [-0.2, 0) is 14.6 Å². The van der Waals surface area contributed by atoms with Gasteiger partial charge in [-0.25, -0.2) is 19.3 Å². The molecule has 0 saturated carbocycles. The first-order valence-electron chi connectivity index (χ1n) is 7.91. The van der Waals surface area contributed by atoms with Gasteiger partial charge in [-0.05, 0) is 48.5 Å². The van der Waals surface area contributed by atoms with Crippen molar-refractivity contribution in [2.24, 2.45) is 0 Å². The molecule has 1 fully saturated rings. The molecule has 1 heterocycles. The Hall–Kier alpha value is -2.90. The highest BCUT2D eigenvalue weighted by atomic mass is 32.2. The number of ether oxygens (including phenoxy) is 1. The summed E-state index contributed by atoms with van der Waals surface area (Å²) >= 11 is 0. The lowest BCUT2D eigenvalue weighted by Crippen LogP contribution is -2.44. The summed E-state index contributed by atoms with van der Waals surface area (Å²) < 4.78 is 28.5. The molecule has 4 N–H and O–H groups in total. The fraction of sp³-hybridized carbons (Fsp3) is 0.167. The number of aliphatic carboxylic acids is 1. The van der Waals surface area contributed by atoms with Crippen LogP contribution >= 0.6 is 0 Å². The van der Waals surface area contributed by atoms with Gasteiger partial charge in [-0.1, -0.05) is 11.8 Å². The van der Waals surface area contributed by atoms with E-state index in [4.69, 9.17) is 9.84 Å². The van der Waals surface area contributed by atoms with Crippen molar-refractivity contribution in [2.75, 3.05) is 6.26 Å². The van der Waals surface area contributed by atoms with Gasteiger partial charge >= 0.3 is 5.97 Å². The van der Waals surface area contributed by atoms with Gasteiger partial charge in [-0.15, -0.1) is 0 Å². The third kappa shape index (κ3) is 4.84. The summed E-state index contributed by atoms with van der Waals surface area (Å²) in [4.78, 5) is 11.3. The van der Waals surface area contributed by atoms with E-state index in [0.717, 1.165) is 11.8 Å². The van der Waals surface area contributed by atoms with Crippen LogP contribution in [0.1, 0.15) is 11.1 Å². The van der Waals surface area contributed by atoms with Crippen LogP contribution in [0.5, 0.6) is 5.75 Å². The smallest absolute Gasteiger partial charge is 0.327 e. The van der Waals surface area contributed by atoms with Crippen LogP contribution < -0.4 is 21.1 Å². The van der Waals surface area contributed by atoms with Gasteiger partial charge in [0.05, 0.1) is 4.90 Å². The Kier molecular flexibility index (Phi) is 5.43. The van der Waals surface area contributed by atoms with Crippen molar-refractivity contribution in [2.45, 2.75) is 17.2 Å². The fourth-order valence-electron chi connectivity index (χ4n) is 2.33. The zero-order chi connectivity index (χ0) is 19.4. The number of sulfone groups is 1. The van der Waals surface area contributed by atoms with Gasteiger partial charge in [0.25, 0.3) is 0 Å². The fourth-order valence-corrected chi connectivity index (χ4v) is 2.96. The molecule has 1 saturated heterocycles. The molecule has 0 spiro atoms. The van der Waals surface area contributed by atoms with Crippen molar-refractivity contribution < 1.29 is 23.1 Å². The molecule has 8 nitrogen and oxygen atoms in total. The van der Waals surface area contributed by atoms with Crippen molar-refractivity contribution in [3.05, 3.63) is 59.7 Å². The lowest BCUT2D eigenvalue weighted by atomic mass is 10.2. The Labute approximate surface area is 156 Å². The molecule has 9 heteroatoms. The van der Waals surface area contributed by atoms with Crippen molar-refractivity contribution >= 4 is 15.8 Å². The van der Waals surface area contributed by atoms with E-state index in [9.17, 15) is 13.2 Å². The maximum absolute atomic E-state index is 11.4. The predicted molar refractivity (Wildman–Crippen MR) is 97.2 cm³/mol. The molecular formula is C18H17N3O5S. The predicted octanol–water partition coefficient (Wildman–Crippen LogP) is 0.260. The number of hydrazine groups is 2. The van der Waals surface area contributed by atoms with Crippen molar-refractivity contribution in [3.8, 4) is 17.6 Å². The van der Waals surface area contributed by atoms with Crippen LogP contribution in [0, 0.1) is 11.8 Å². The molecule has 0 amide bonds. The summed E-state index contributed by atoms with van der Waals surface area (Å²) in [6.07, 6.45) is 0.399. The van der Waals surface area contributed by atoms with E-state index in [1.54, 1.807) is 36.4 Å². The highest BCUT2D eigenvalue weighted by Gasteiger charge is 2.34. The van der Waals surface area contributed by atoms with Crippen molar-refractivity contribution in [1.82, 2.24) is 16.4 Å². The Morgan fingerprint density at radius 2 is 1.56 bits per heavy atom. The first-order valence-corrected chi connectivity index (χ1v) is 9.80. The minimum Gasteiger partial charge on any atom is -0.480 e. The molecule has 2 aromatic carbocycles. The highest BCUT2D eigenvalue weighted by Crippen LogP contribution is 2.15. The summed E-state index contributed by atoms with van der Waals surface area (Å²) in [5.41, 5.74) is 9.17. The Morgan fingerprint density at radius 3 is 2.07 bits per heavy atom. The van der Waals surface area contributed by atoms with Gasteiger partial charge in [-0.2, -0.15) is 5.53 Å². The van der Waals surface area contributed by atoms with Gasteiger partial charge in [-0.3, -0.25) is 4.79 Å². The van der Waals surface area contributed by atoms with E-state index >= 15 is 0 Å². The van der Waals surface area contributed by atoms with Gasteiger partial charge < -0.3 is 9.84 Å².